The van der Waals surface area contributed by atoms with Crippen molar-refractivity contribution in [2.24, 2.45) is 0 Å². The standard InChI is InChI=1S/C18H18N2O4/c1-23-18(22)24-13-16-7-3-2-6-15(16)8-9-17(21)20-12-14-5-4-10-19-11-14/h2-11H,12-13H2,1H3,(H,20,21)/b9-8+. The summed E-state index contributed by atoms with van der Waals surface area (Å²) in [6, 6.07) is 11.0. The van der Waals surface area contributed by atoms with E-state index in [1.807, 2.05) is 36.4 Å². The number of carbonyl (C=O) groups is 2. The van der Waals surface area contributed by atoms with E-state index in [4.69, 9.17) is 4.74 Å². The van der Waals surface area contributed by atoms with Crippen LogP contribution in [0.2, 0.25) is 0 Å². The van der Waals surface area contributed by atoms with Crippen molar-refractivity contribution in [3.63, 3.8) is 0 Å². The van der Waals surface area contributed by atoms with Gasteiger partial charge >= 0.3 is 6.16 Å². The fourth-order valence-corrected chi connectivity index (χ4v) is 1.94. The fraction of sp³-hybridized carbons (Fsp3) is 0.167. The number of carbonyl (C=O) groups excluding carboxylic acids is 2. The van der Waals surface area contributed by atoms with Gasteiger partial charge in [-0.05, 0) is 28.8 Å². The Morgan fingerprint density at radius 2 is 2.04 bits per heavy atom. The quantitative estimate of drug-likeness (QED) is 0.652. The van der Waals surface area contributed by atoms with Gasteiger partial charge in [-0.1, -0.05) is 30.3 Å². The smallest absolute Gasteiger partial charge is 0.438 e. The highest BCUT2D eigenvalue weighted by Crippen LogP contribution is 2.12. The number of benzene rings is 1. The summed E-state index contributed by atoms with van der Waals surface area (Å²) in [7, 11) is 1.25. The van der Waals surface area contributed by atoms with Crippen molar-refractivity contribution in [2.75, 3.05) is 7.11 Å². The zero-order chi connectivity index (χ0) is 17.2. The molecule has 0 aliphatic rings. The van der Waals surface area contributed by atoms with Crippen molar-refractivity contribution in [3.05, 3.63) is 71.6 Å². The first-order valence-electron chi connectivity index (χ1n) is 7.32. The molecule has 0 bridgehead atoms. The highest BCUT2D eigenvalue weighted by molar-refractivity contribution is 5.91. The molecule has 124 valence electrons. The number of amides is 1. The molecule has 1 N–H and O–H groups in total. The number of hydrogen-bond acceptors (Lipinski definition) is 5. The molecule has 0 unspecified atom stereocenters. The molecular weight excluding hydrogens is 308 g/mol. The van der Waals surface area contributed by atoms with Gasteiger partial charge in [-0.15, -0.1) is 0 Å². The maximum Gasteiger partial charge on any atom is 0.508 e. The molecule has 6 heteroatoms. The SMILES string of the molecule is COC(=O)OCc1ccccc1/C=C/C(=O)NCc1cccnc1. The summed E-state index contributed by atoms with van der Waals surface area (Å²) in [5.41, 5.74) is 2.49. The maximum absolute atomic E-state index is 11.9. The molecule has 2 aromatic rings. The molecule has 0 radical (unpaired) electrons. The predicted octanol–water partition coefficient (Wildman–Crippen LogP) is 2.69. The van der Waals surface area contributed by atoms with Crippen LogP contribution in [0.5, 0.6) is 0 Å². The lowest BCUT2D eigenvalue weighted by molar-refractivity contribution is -0.116. The molecule has 0 aliphatic carbocycles. The van der Waals surface area contributed by atoms with E-state index < -0.39 is 6.16 Å². The highest BCUT2D eigenvalue weighted by atomic mass is 16.7. The third-order valence-corrected chi connectivity index (χ3v) is 3.17. The van der Waals surface area contributed by atoms with Gasteiger partial charge in [-0.2, -0.15) is 0 Å². The number of pyridine rings is 1. The number of methoxy groups -OCH3 is 1. The summed E-state index contributed by atoms with van der Waals surface area (Å²) in [4.78, 5) is 26.9. The van der Waals surface area contributed by atoms with E-state index in [-0.39, 0.29) is 12.5 Å². The number of rotatable bonds is 6. The van der Waals surface area contributed by atoms with Crippen LogP contribution in [0, 0.1) is 0 Å². The summed E-state index contributed by atoms with van der Waals surface area (Å²) in [5.74, 6) is -0.220. The monoisotopic (exact) mass is 326 g/mol. The number of ether oxygens (including phenoxy) is 2. The van der Waals surface area contributed by atoms with E-state index >= 15 is 0 Å². The van der Waals surface area contributed by atoms with Crippen LogP contribution in [0.3, 0.4) is 0 Å². The van der Waals surface area contributed by atoms with Gasteiger partial charge in [0.1, 0.15) is 6.61 Å². The Labute approximate surface area is 140 Å². The van der Waals surface area contributed by atoms with Crippen molar-refractivity contribution >= 4 is 18.1 Å². The third kappa shape index (κ3) is 5.57. The summed E-state index contributed by atoms with van der Waals surface area (Å²) in [6.07, 6.45) is 5.74. The van der Waals surface area contributed by atoms with Crippen LogP contribution in [0.25, 0.3) is 6.08 Å². The molecule has 0 fully saturated rings. The minimum absolute atomic E-state index is 0.0739. The van der Waals surface area contributed by atoms with E-state index in [1.165, 1.54) is 13.2 Å². The number of hydrogen-bond donors (Lipinski definition) is 1. The van der Waals surface area contributed by atoms with Crippen LogP contribution in [0.15, 0.2) is 54.9 Å². The van der Waals surface area contributed by atoms with E-state index in [9.17, 15) is 9.59 Å². The lowest BCUT2D eigenvalue weighted by Gasteiger charge is -2.06. The summed E-state index contributed by atoms with van der Waals surface area (Å²) in [5, 5.41) is 2.78. The van der Waals surface area contributed by atoms with E-state index in [1.54, 1.807) is 18.5 Å². The Morgan fingerprint density at radius 1 is 1.21 bits per heavy atom. The molecule has 2 rings (SSSR count). The van der Waals surface area contributed by atoms with Gasteiger partial charge < -0.3 is 14.8 Å². The molecular formula is C18H18N2O4. The van der Waals surface area contributed by atoms with Gasteiger partial charge in [0.2, 0.25) is 5.91 Å². The van der Waals surface area contributed by atoms with Crippen molar-refractivity contribution in [2.45, 2.75) is 13.2 Å². The van der Waals surface area contributed by atoms with Crippen LogP contribution < -0.4 is 5.32 Å². The van der Waals surface area contributed by atoms with Crippen LogP contribution in [0.4, 0.5) is 4.79 Å². The fourth-order valence-electron chi connectivity index (χ4n) is 1.94. The minimum Gasteiger partial charge on any atom is -0.438 e. The van der Waals surface area contributed by atoms with Crippen molar-refractivity contribution in [1.82, 2.24) is 10.3 Å². The maximum atomic E-state index is 11.9. The Kier molecular flexibility index (Phi) is 6.52. The van der Waals surface area contributed by atoms with Gasteiger partial charge in [0, 0.05) is 25.0 Å². The average molecular weight is 326 g/mol. The molecule has 0 spiro atoms. The first-order chi connectivity index (χ1) is 11.7. The molecule has 0 saturated heterocycles. The Balaban J connectivity index is 1.93. The van der Waals surface area contributed by atoms with E-state index in [0.717, 1.165) is 16.7 Å². The lowest BCUT2D eigenvalue weighted by atomic mass is 10.1. The second-order valence-electron chi connectivity index (χ2n) is 4.85. The summed E-state index contributed by atoms with van der Waals surface area (Å²) < 4.78 is 9.36. The van der Waals surface area contributed by atoms with Crippen LogP contribution in [0.1, 0.15) is 16.7 Å². The molecule has 1 aromatic heterocycles. The molecule has 0 atom stereocenters. The second kappa shape index (κ2) is 9.09. The average Bonchev–Trinajstić information content (AvgIpc) is 2.64. The van der Waals surface area contributed by atoms with Gasteiger partial charge in [-0.25, -0.2) is 4.79 Å². The second-order valence-corrected chi connectivity index (χ2v) is 4.85. The van der Waals surface area contributed by atoms with E-state index in [0.29, 0.717) is 6.54 Å². The first-order valence-corrected chi connectivity index (χ1v) is 7.32. The largest absolute Gasteiger partial charge is 0.508 e. The van der Waals surface area contributed by atoms with Gasteiger partial charge in [0.25, 0.3) is 0 Å². The topological polar surface area (TPSA) is 77.5 Å². The van der Waals surface area contributed by atoms with Crippen LogP contribution in [-0.4, -0.2) is 24.2 Å². The van der Waals surface area contributed by atoms with Crippen molar-refractivity contribution < 1.29 is 19.1 Å². The Morgan fingerprint density at radius 3 is 2.79 bits per heavy atom. The molecule has 1 heterocycles. The molecule has 0 saturated carbocycles. The number of aromatic nitrogens is 1. The van der Waals surface area contributed by atoms with Crippen LogP contribution >= 0.6 is 0 Å². The number of nitrogens with one attached hydrogen (secondary N) is 1. The van der Waals surface area contributed by atoms with Crippen LogP contribution in [-0.2, 0) is 27.4 Å². The van der Waals surface area contributed by atoms with Gasteiger partial charge in [0.15, 0.2) is 0 Å². The predicted molar refractivity (Wildman–Crippen MR) is 88.8 cm³/mol. The van der Waals surface area contributed by atoms with Crippen molar-refractivity contribution in [1.29, 1.82) is 0 Å². The van der Waals surface area contributed by atoms with Gasteiger partial charge in [-0.3, -0.25) is 9.78 Å². The van der Waals surface area contributed by atoms with Crippen molar-refractivity contribution in [3.8, 4) is 0 Å². The minimum atomic E-state index is -0.747. The molecule has 0 aliphatic heterocycles. The Hall–Kier alpha value is -3.15. The zero-order valence-corrected chi connectivity index (χ0v) is 13.3. The van der Waals surface area contributed by atoms with Gasteiger partial charge in [0.05, 0.1) is 7.11 Å². The molecule has 1 aromatic carbocycles. The number of nitrogens with zero attached hydrogens (tertiary/aromatic N) is 1. The highest BCUT2D eigenvalue weighted by Gasteiger charge is 2.05. The molecule has 24 heavy (non-hydrogen) atoms. The van der Waals surface area contributed by atoms with E-state index in [2.05, 4.69) is 15.0 Å². The summed E-state index contributed by atoms with van der Waals surface area (Å²) in [6.45, 7) is 0.481. The zero-order valence-electron chi connectivity index (χ0n) is 13.3. The molecule has 6 nitrogen and oxygen atoms in total. The molecule has 1 amide bonds. The third-order valence-electron chi connectivity index (χ3n) is 3.17. The Bertz CT molecular complexity index is 714. The lowest BCUT2D eigenvalue weighted by Crippen LogP contribution is -2.20. The normalized spacial score (nSPS) is 10.4. The first kappa shape index (κ1) is 17.2. The summed E-state index contributed by atoms with van der Waals surface area (Å²) >= 11 is 0.